The average Bonchev–Trinajstić information content (AvgIpc) is 2.87. The number of hydrogen-bond acceptors (Lipinski definition) is 6. The number of anilines is 1. The number of carbonyl (C=O) groups is 2. The van der Waals surface area contributed by atoms with E-state index in [0.717, 1.165) is 14.9 Å². The first-order valence-corrected chi connectivity index (χ1v) is 9.19. The van der Waals surface area contributed by atoms with Crippen LogP contribution in [0.25, 0.3) is 0 Å². The van der Waals surface area contributed by atoms with Crippen LogP contribution in [-0.4, -0.2) is 29.2 Å². The molecule has 0 radical (unpaired) electrons. The molecule has 8 heteroatoms. The summed E-state index contributed by atoms with van der Waals surface area (Å²) in [5.41, 5.74) is 6.64. The highest BCUT2D eigenvalue weighted by molar-refractivity contribution is 8.01. The number of carbonyl (C=O) groups excluding carboxylic acids is 2. The molecule has 0 bridgehead atoms. The Kier molecular flexibility index (Phi) is 6.62. The van der Waals surface area contributed by atoms with Gasteiger partial charge in [-0.15, -0.1) is 11.3 Å². The number of amides is 2. The second-order valence-corrected chi connectivity index (χ2v) is 7.20. The van der Waals surface area contributed by atoms with Crippen molar-refractivity contribution in [3.63, 3.8) is 0 Å². The molecule has 6 nitrogen and oxygen atoms in total. The normalized spacial score (nSPS) is 10.4. The lowest BCUT2D eigenvalue weighted by Crippen LogP contribution is -2.14. The van der Waals surface area contributed by atoms with Crippen molar-refractivity contribution in [2.75, 3.05) is 17.7 Å². The number of thioether (sulfide) groups is 1. The number of nitrogens with two attached hydrogens (primary N) is 1. The Bertz CT molecular complexity index is 731. The molecule has 0 aliphatic carbocycles. The third kappa shape index (κ3) is 5.24. The quantitative estimate of drug-likeness (QED) is 0.701. The van der Waals surface area contributed by atoms with E-state index in [4.69, 9.17) is 10.5 Å². The van der Waals surface area contributed by atoms with Crippen LogP contribution in [0.5, 0.6) is 5.75 Å². The van der Waals surface area contributed by atoms with E-state index in [-0.39, 0.29) is 24.0 Å². The van der Waals surface area contributed by atoms with Crippen LogP contribution in [0.4, 0.5) is 5.69 Å². The van der Waals surface area contributed by atoms with Gasteiger partial charge in [0.15, 0.2) is 4.34 Å². The van der Waals surface area contributed by atoms with E-state index >= 15 is 0 Å². The van der Waals surface area contributed by atoms with Crippen LogP contribution in [0.1, 0.15) is 17.5 Å². The summed E-state index contributed by atoms with van der Waals surface area (Å²) < 4.78 is 6.23. The van der Waals surface area contributed by atoms with E-state index in [9.17, 15) is 9.59 Å². The van der Waals surface area contributed by atoms with E-state index in [1.54, 1.807) is 6.07 Å². The molecule has 2 aromatic rings. The molecular formula is C16H19N3O3S2. The summed E-state index contributed by atoms with van der Waals surface area (Å²) in [7, 11) is 0. The molecule has 2 amide bonds. The molecule has 0 unspecified atom stereocenters. The van der Waals surface area contributed by atoms with E-state index in [0.29, 0.717) is 18.0 Å². The standard InChI is InChI=1S/C16H19N3O3S2/c1-3-22-12-7-5-4-6-11(12)19-15(21)9-23-16-18-10(2)13(24-16)8-14(17)20/h4-7H,3,8-9H2,1-2H3,(H2,17,20)(H,19,21). The Balaban J connectivity index is 1.93. The summed E-state index contributed by atoms with van der Waals surface area (Å²) in [6.07, 6.45) is 0.179. The summed E-state index contributed by atoms with van der Waals surface area (Å²) in [5.74, 6) is 0.343. The molecule has 3 N–H and O–H groups in total. The van der Waals surface area contributed by atoms with Gasteiger partial charge in [0.2, 0.25) is 11.8 Å². The highest BCUT2D eigenvalue weighted by Gasteiger charge is 2.13. The van der Waals surface area contributed by atoms with Gasteiger partial charge in [-0.3, -0.25) is 9.59 Å². The largest absolute Gasteiger partial charge is 0.492 e. The zero-order valence-electron chi connectivity index (χ0n) is 13.5. The second-order valence-electron chi connectivity index (χ2n) is 4.90. The van der Waals surface area contributed by atoms with Gasteiger partial charge >= 0.3 is 0 Å². The van der Waals surface area contributed by atoms with Crippen molar-refractivity contribution < 1.29 is 14.3 Å². The molecule has 0 atom stereocenters. The first-order chi connectivity index (χ1) is 11.5. The van der Waals surface area contributed by atoms with Crippen LogP contribution >= 0.6 is 23.1 Å². The van der Waals surface area contributed by atoms with E-state index in [1.807, 2.05) is 32.0 Å². The van der Waals surface area contributed by atoms with Crippen LogP contribution < -0.4 is 15.8 Å². The van der Waals surface area contributed by atoms with Crippen molar-refractivity contribution in [1.82, 2.24) is 4.98 Å². The van der Waals surface area contributed by atoms with Crippen molar-refractivity contribution in [3.8, 4) is 5.75 Å². The summed E-state index contributed by atoms with van der Waals surface area (Å²) in [4.78, 5) is 28.3. The van der Waals surface area contributed by atoms with Gasteiger partial charge in [0, 0.05) is 4.88 Å². The first-order valence-electron chi connectivity index (χ1n) is 7.38. The third-order valence-corrected chi connectivity index (χ3v) is 5.30. The summed E-state index contributed by atoms with van der Waals surface area (Å²) in [6.45, 7) is 4.25. The minimum Gasteiger partial charge on any atom is -0.492 e. The highest BCUT2D eigenvalue weighted by Crippen LogP contribution is 2.28. The Morgan fingerprint density at radius 1 is 1.38 bits per heavy atom. The smallest absolute Gasteiger partial charge is 0.234 e. The van der Waals surface area contributed by atoms with E-state index < -0.39 is 0 Å². The molecule has 24 heavy (non-hydrogen) atoms. The fraction of sp³-hybridized carbons (Fsp3) is 0.312. The van der Waals surface area contributed by atoms with Gasteiger partial charge in [-0.05, 0) is 26.0 Å². The number of aromatic nitrogens is 1. The van der Waals surface area contributed by atoms with Gasteiger partial charge in [-0.25, -0.2) is 4.98 Å². The van der Waals surface area contributed by atoms with Gasteiger partial charge in [0.05, 0.1) is 30.2 Å². The molecule has 1 aromatic carbocycles. The molecule has 0 spiro atoms. The van der Waals surface area contributed by atoms with Crippen molar-refractivity contribution in [2.24, 2.45) is 5.73 Å². The van der Waals surface area contributed by atoms with Crippen LogP contribution in [0.2, 0.25) is 0 Å². The summed E-state index contributed by atoms with van der Waals surface area (Å²) in [6, 6.07) is 7.30. The molecule has 2 rings (SSSR count). The second kappa shape index (κ2) is 8.70. The van der Waals surface area contributed by atoms with Crippen molar-refractivity contribution >= 4 is 40.6 Å². The van der Waals surface area contributed by atoms with Crippen molar-refractivity contribution in [2.45, 2.75) is 24.6 Å². The zero-order chi connectivity index (χ0) is 17.5. The van der Waals surface area contributed by atoms with E-state index in [2.05, 4.69) is 10.3 Å². The summed E-state index contributed by atoms with van der Waals surface area (Å²) in [5, 5.41) is 2.84. The highest BCUT2D eigenvalue weighted by atomic mass is 32.2. The number of thiazole rings is 1. The van der Waals surface area contributed by atoms with Crippen LogP contribution in [-0.2, 0) is 16.0 Å². The minimum absolute atomic E-state index is 0.142. The van der Waals surface area contributed by atoms with Crippen LogP contribution in [0.15, 0.2) is 28.6 Å². The minimum atomic E-state index is -0.386. The molecule has 0 aliphatic heterocycles. The lowest BCUT2D eigenvalue weighted by atomic mass is 10.3. The fourth-order valence-corrected chi connectivity index (χ4v) is 3.99. The molecule has 1 heterocycles. The summed E-state index contributed by atoms with van der Waals surface area (Å²) >= 11 is 2.73. The number of primary amides is 1. The van der Waals surface area contributed by atoms with Gasteiger partial charge in [0.1, 0.15) is 5.75 Å². The third-order valence-electron chi connectivity index (χ3n) is 3.00. The molecule has 1 aromatic heterocycles. The van der Waals surface area contributed by atoms with Gasteiger partial charge in [0.25, 0.3) is 0 Å². The van der Waals surface area contributed by atoms with Crippen molar-refractivity contribution in [3.05, 3.63) is 34.8 Å². The predicted molar refractivity (Wildman–Crippen MR) is 96.7 cm³/mol. The molecular weight excluding hydrogens is 346 g/mol. The number of rotatable bonds is 8. The average molecular weight is 365 g/mol. The SMILES string of the molecule is CCOc1ccccc1NC(=O)CSc1nc(C)c(CC(N)=O)s1. The van der Waals surface area contributed by atoms with Crippen LogP contribution in [0.3, 0.4) is 0 Å². The molecule has 128 valence electrons. The predicted octanol–water partition coefficient (Wildman–Crippen LogP) is 2.61. The Morgan fingerprint density at radius 2 is 2.12 bits per heavy atom. The van der Waals surface area contributed by atoms with Gasteiger partial charge < -0.3 is 15.8 Å². The maximum Gasteiger partial charge on any atom is 0.234 e. The molecule has 0 fully saturated rings. The number of para-hydroxylation sites is 2. The maximum absolute atomic E-state index is 12.1. The van der Waals surface area contributed by atoms with Crippen LogP contribution in [0, 0.1) is 6.92 Å². The maximum atomic E-state index is 12.1. The van der Waals surface area contributed by atoms with Crippen molar-refractivity contribution in [1.29, 1.82) is 0 Å². The topological polar surface area (TPSA) is 94.3 Å². The number of nitrogens with one attached hydrogen (secondary N) is 1. The Labute approximate surface area is 148 Å². The monoisotopic (exact) mass is 365 g/mol. The van der Waals surface area contributed by atoms with Gasteiger partial charge in [-0.1, -0.05) is 23.9 Å². The number of ether oxygens (including phenoxy) is 1. The zero-order valence-corrected chi connectivity index (χ0v) is 15.1. The molecule has 0 saturated carbocycles. The number of aryl methyl sites for hydroxylation is 1. The number of nitrogens with zero attached hydrogens (tertiary/aromatic N) is 1. The first kappa shape index (κ1) is 18.3. The Hall–Kier alpha value is -2.06. The Morgan fingerprint density at radius 3 is 2.83 bits per heavy atom. The van der Waals surface area contributed by atoms with Gasteiger partial charge in [-0.2, -0.15) is 0 Å². The number of hydrogen-bond donors (Lipinski definition) is 2. The molecule has 0 aliphatic rings. The fourth-order valence-electron chi connectivity index (χ4n) is 1.95. The molecule has 0 saturated heterocycles. The lowest BCUT2D eigenvalue weighted by molar-refractivity contribution is -0.117. The number of benzene rings is 1. The van der Waals surface area contributed by atoms with E-state index in [1.165, 1.54) is 23.1 Å². The lowest BCUT2D eigenvalue weighted by Gasteiger charge is -2.10.